The first-order valence-electron chi connectivity index (χ1n) is 9.08. The minimum atomic E-state index is -1.07. The number of carboxylic acids is 1. The number of carbonyl (C=O) groups is 1. The fraction of sp³-hybridized carbons (Fsp3) is 0.174. The summed E-state index contributed by atoms with van der Waals surface area (Å²) in [6.07, 6.45) is 0.0136. The number of hydrogen-bond acceptors (Lipinski definition) is 3. The first-order valence-corrected chi connectivity index (χ1v) is 10.4. The minimum Gasteiger partial charge on any atom is -0.478 e. The van der Waals surface area contributed by atoms with Crippen LogP contribution in [0.2, 0.25) is 5.02 Å². The second-order valence-corrected chi connectivity index (χ2v) is 8.26. The van der Waals surface area contributed by atoms with Gasteiger partial charge in [-0.05, 0) is 53.6 Å². The quantitative estimate of drug-likeness (QED) is 0.546. The summed E-state index contributed by atoms with van der Waals surface area (Å²) in [6, 6.07) is 23.0. The molecule has 0 fully saturated rings. The Labute approximate surface area is 173 Å². The summed E-state index contributed by atoms with van der Waals surface area (Å²) in [5, 5.41) is 10.1. The van der Waals surface area contributed by atoms with Crippen molar-refractivity contribution in [2.75, 3.05) is 5.75 Å². The normalized spacial score (nSPS) is 16.8. The number of thioether (sulfide) groups is 1. The summed E-state index contributed by atoms with van der Waals surface area (Å²) in [5.41, 5.74) is 3.13. The van der Waals surface area contributed by atoms with Crippen molar-refractivity contribution < 1.29 is 14.6 Å². The Morgan fingerprint density at radius 2 is 1.75 bits per heavy atom. The average molecular weight is 411 g/mol. The number of rotatable bonds is 5. The van der Waals surface area contributed by atoms with Gasteiger partial charge in [0.15, 0.2) is 0 Å². The second-order valence-electron chi connectivity index (χ2n) is 6.68. The third kappa shape index (κ3) is 4.03. The predicted molar refractivity (Wildman–Crippen MR) is 113 cm³/mol. The van der Waals surface area contributed by atoms with Crippen LogP contribution in [0.1, 0.15) is 35.1 Å². The summed E-state index contributed by atoms with van der Waals surface area (Å²) >= 11 is 7.79. The fourth-order valence-corrected chi connectivity index (χ4v) is 4.75. The van der Waals surface area contributed by atoms with Crippen LogP contribution < -0.4 is 4.74 Å². The molecule has 0 bridgehead atoms. The summed E-state index contributed by atoms with van der Waals surface area (Å²) < 4.78 is 5.77. The molecule has 0 aromatic heterocycles. The molecule has 5 heteroatoms. The van der Waals surface area contributed by atoms with Crippen LogP contribution in [-0.4, -0.2) is 16.8 Å². The van der Waals surface area contributed by atoms with Crippen molar-refractivity contribution >= 4 is 29.3 Å². The molecule has 1 aliphatic rings. The molecule has 2 unspecified atom stereocenters. The van der Waals surface area contributed by atoms with Crippen molar-refractivity contribution in [2.24, 2.45) is 0 Å². The largest absolute Gasteiger partial charge is 0.478 e. The molecule has 4 rings (SSSR count). The predicted octanol–water partition coefficient (Wildman–Crippen LogP) is 6.17. The Kier molecular flexibility index (Phi) is 5.60. The highest BCUT2D eigenvalue weighted by Gasteiger charge is 2.24. The molecular weight excluding hydrogens is 392 g/mol. The first kappa shape index (κ1) is 18.9. The highest BCUT2D eigenvalue weighted by atomic mass is 35.5. The standard InChI is InChI=1S/C23H19ClO3S/c24-17-9-5-16(6-10-17)22(23(25)26)27-18-11-7-15(8-12-18)19-13-14-28-21-4-2-1-3-20(19)21/h1-12,19,22H,13-14H2,(H,25,26). The Hall–Kier alpha value is -2.43. The van der Waals surface area contributed by atoms with Crippen LogP contribution in [0, 0.1) is 0 Å². The number of halogens is 1. The highest BCUT2D eigenvalue weighted by molar-refractivity contribution is 7.99. The lowest BCUT2D eigenvalue weighted by Crippen LogP contribution is -2.18. The summed E-state index contributed by atoms with van der Waals surface area (Å²) in [4.78, 5) is 13.0. The number of aliphatic carboxylic acids is 1. The van der Waals surface area contributed by atoms with Crippen molar-refractivity contribution in [1.29, 1.82) is 0 Å². The average Bonchev–Trinajstić information content (AvgIpc) is 2.73. The van der Waals surface area contributed by atoms with Gasteiger partial charge in [0, 0.05) is 21.4 Å². The molecule has 0 radical (unpaired) electrons. The van der Waals surface area contributed by atoms with E-state index in [1.54, 1.807) is 24.3 Å². The summed E-state index contributed by atoms with van der Waals surface area (Å²) in [5.74, 6) is 0.949. The third-order valence-corrected chi connectivity index (χ3v) is 6.27. The SMILES string of the molecule is O=C(O)C(Oc1ccc(C2CCSc3ccccc32)cc1)c1ccc(Cl)cc1. The van der Waals surface area contributed by atoms with E-state index in [0.717, 1.165) is 12.2 Å². The molecule has 1 heterocycles. The fourth-order valence-electron chi connectivity index (χ4n) is 3.50. The zero-order valence-electron chi connectivity index (χ0n) is 15.0. The first-order chi connectivity index (χ1) is 13.6. The van der Waals surface area contributed by atoms with Gasteiger partial charge < -0.3 is 9.84 Å². The van der Waals surface area contributed by atoms with E-state index in [2.05, 4.69) is 24.3 Å². The smallest absolute Gasteiger partial charge is 0.349 e. The van der Waals surface area contributed by atoms with Gasteiger partial charge >= 0.3 is 5.97 Å². The van der Waals surface area contributed by atoms with Crippen molar-refractivity contribution in [3.8, 4) is 5.75 Å². The molecule has 0 saturated carbocycles. The van der Waals surface area contributed by atoms with Gasteiger partial charge in [-0.25, -0.2) is 4.79 Å². The Bertz CT molecular complexity index is 970. The van der Waals surface area contributed by atoms with E-state index in [-0.39, 0.29) is 0 Å². The number of ether oxygens (including phenoxy) is 1. The van der Waals surface area contributed by atoms with Gasteiger partial charge in [-0.15, -0.1) is 11.8 Å². The molecule has 3 aromatic rings. The zero-order chi connectivity index (χ0) is 19.5. The van der Waals surface area contributed by atoms with Crippen LogP contribution >= 0.6 is 23.4 Å². The topological polar surface area (TPSA) is 46.5 Å². The summed E-state index contributed by atoms with van der Waals surface area (Å²) in [7, 11) is 0. The lowest BCUT2D eigenvalue weighted by Gasteiger charge is -2.25. The van der Waals surface area contributed by atoms with E-state index >= 15 is 0 Å². The Morgan fingerprint density at radius 3 is 2.46 bits per heavy atom. The van der Waals surface area contributed by atoms with Gasteiger partial charge in [0.25, 0.3) is 0 Å². The molecule has 28 heavy (non-hydrogen) atoms. The molecule has 1 N–H and O–H groups in total. The van der Waals surface area contributed by atoms with Crippen LogP contribution in [0.4, 0.5) is 0 Å². The van der Waals surface area contributed by atoms with Gasteiger partial charge in [0.05, 0.1) is 0 Å². The molecular formula is C23H19ClO3S. The Morgan fingerprint density at radius 1 is 1.04 bits per heavy atom. The molecule has 2 atom stereocenters. The van der Waals surface area contributed by atoms with Crippen LogP contribution in [0.5, 0.6) is 5.75 Å². The number of benzene rings is 3. The van der Waals surface area contributed by atoms with Crippen LogP contribution in [0.3, 0.4) is 0 Å². The number of hydrogen-bond donors (Lipinski definition) is 1. The van der Waals surface area contributed by atoms with E-state index < -0.39 is 12.1 Å². The van der Waals surface area contributed by atoms with Gasteiger partial charge in [-0.1, -0.05) is 54.1 Å². The van der Waals surface area contributed by atoms with E-state index in [1.807, 2.05) is 36.0 Å². The number of carboxylic acid groups (broad SMARTS) is 1. The van der Waals surface area contributed by atoms with Crippen molar-refractivity contribution in [3.05, 3.63) is 94.5 Å². The maximum Gasteiger partial charge on any atom is 0.349 e. The molecule has 3 aromatic carbocycles. The minimum absolute atomic E-state index is 0.359. The van der Waals surface area contributed by atoms with E-state index in [9.17, 15) is 9.90 Å². The van der Waals surface area contributed by atoms with Gasteiger partial charge in [-0.2, -0.15) is 0 Å². The lowest BCUT2D eigenvalue weighted by atomic mass is 9.89. The number of fused-ring (bicyclic) bond motifs is 1. The molecule has 0 aliphatic carbocycles. The van der Waals surface area contributed by atoms with Gasteiger partial charge in [-0.3, -0.25) is 0 Å². The van der Waals surface area contributed by atoms with Gasteiger partial charge in [0.1, 0.15) is 5.75 Å². The molecule has 142 valence electrons. The van der Waals surface area contributed by atoms with E-state index in [4.69, 9.17) is 16.3 Å². The van der Waals surface area contributed by atoms with E-state index in [1.165, 1.54) is 16.0 Å². The van der Waals surface area contributed by atoms with Crippen molar-refractivity contribution in [2.45, 2.75) is 23.3 Å². The monoisotopic (exact) mass is 410 g/mol. The van der Waals surface area contributed by atoms with Gasteiger partial charge in [0.2, 0.25) is 6.10 Å². The zero-order valence-corrected chi connectivity index (χ0v) is 16.6. The lowest BCUT2D eigenvalue weighted by molar-refractivity contribution is -0.145. The third-order valence-electron chi connectivity index (χ3n) is 4.89. The molecule has 0 spiro atoms. The maximum atomic E-state index is 11.7. The summed E-state index contributed by atoms with van der Waals surface area (Å²) in [6.45, 7) is 0. The van der Waals surface area contributed by atoms with Crippen LogP contribution in [0.25, 0.3) is 0 Å². The van der Waals surface area contributed by atoms with Crippen LogP contribution in [0.15, 0.2) is 77.7 Å². The Balaban J connectivity index is 1.55. The van der Waals surface area contributed by atoms with Crippen molar-refractivity contribution in [1.82, 2.24) is 0 Å². The molecule has 0 amide bonds. The van der Waals surface area contributed by atoms with Crippen molar-refractivity contribution in [3.63, 3.8) is 0 Å². The maximum absolute atomic E-state index is 11.7. The molecule has 1 aliphatic heterocycles. The highest BCUT2D eigenvalue weighted by Crippen LogP contribution is 2.41. The molecule has 0 saturated heterocycles. The van der Waals surface area contributed by atoms with E-state index in [0.29, 0.717) is 22.3 Å². The second kappa shape index (κ2) is 8.29. The molecule has 3 nitrogen and oxygen atoms in total. The van der Waals surface area contributed by atoms with Crippen LogP contribution in [-0.2, 0) is 4.79 Å².